The van der Waals surface area contributed by atoms with Gasteiger partial charge < -0.3 is 9.51 Å². The van der Waals surface area contributed by atoms with E-state index in [1.165, 1.54) is 11.1 Å². The summed E-state index contributed by atoms with van der Waals surface area (Å²) in [5, 5.41) is 9.53. The van der Waals surface area contributed by atoms with Gasteiger partial charge in [0.2, 0.25) is 0 Å². The van der Waals surface area contributed by atoms with E-state index in [1.54, 1.807) is 0 Å². The quantitative estimate of drug-likeness (QED) is 0.806. The van der Waals surface area contributed by atoms with Crippen molar-refractivity contribution in [1.82, 2.24) is 14.3 Å². The van der Waals surface area contributed by atoms with Crippen molar-refractivity contribution in [3.63, 3.8) is 0 Å². The van der Waals surface area contributed by atoms with E-state index in [2.05, 4.69) is 34.1 Å². The highest BCUT2D eigenvalue weighted by atomic mass is 16.4. The second-order valence-corrected chi connectivity index (χ2v) is 6.38. The molecule has 24 heavy (non-hydrogen) atoms. The minimum atomic E-state index is -0.969. The Hall–Kier alpha value is -2.66. The minimum absolute atomic E-state index is 0.152. The average molecular weight is 321 g/mol. The summed E-state index contributed by atoms with van der Waals surface area (Å²) < 4.78 is 1.92. The average Bonchev–Trinajstić information content (AvgIpc) is 2.93. The van der Waals surface area contributed by atoms with Gasteiger partial charge in [0.1, 0.15) is 5.65 Å². The van der Waals surface area contributed by atoms with Gasteiger partial charge in [-0.3, -0.25) is 4.90 Å². The number of aromatic carboxylic acids is 1. The second-order valence-electron chi connectivity index (χ2n) is 6.38. The van der Waals surface area contributed by atoms with Crippen molar-refractivity contribution in [2.45, 2.75) is 26.4 Å². The van der Waals surface area contributed by atoms with Gasteiger partial charge in [-0.2, -0.15) is 0 Å². The number of carboxylic acid groups (broad SMARTS) is 1. The highest BCUT2D eigenvalue weighted by Gasteiger charge is 2.22. The zero-order chi connectivity index (χ0) is 16.7. The molecular weight excluding hydrogens is 302 g/mol. The van der Waals surface area contributed by atoms with Crippen molar-refractivity contribution < 1.29 is 9.90 Å². The molecule has 3 aromatic rings. The van der Waals surface area contributed by atoms with Crippen LogP contribution in [0, 0.1) is 6.92 Å². The lowest BCUT2D eigenvalue weighted by Gasteiger charge is -2.28. The lowest BCUT2D eigenvalue weighted by atomic mass is 10.00. The summed E-state index contributed by atoms with van der Waals surface area (Å²) in [5.41, 5.74) is 5.39. The molecule has 5 heteroatoms. The van der Waals surface area contributed by atoms with Crippen molar-refractivity contribution in [2.75, 3.05) is 6.54 Å². The molecule has 5 nitrogen and oxygen atoms in total. The molecule has 1 aromatic carbocycles. The fourth-order valence-electron chi connectivity index (χ4n) is 3.42. The number of benzene rings is 1. The highest BCUT2D eigenvalue weighted by Crippen LogP contribution is 2.22. The fraction of sp³-hybridized carbons (Fsp3) is 0.263. The number of carbonyl (C=O) groups is 1. The van der Waals surface area contributed by atoms with Crippen LogP contribution in [0.2, 0.25) is 0 Å². The molecule has 4 rings (SSSR count). The third kappa shape index (κ3) is 2.57. The molecule has 0 bridgehead atoms. The number of aryl methyl sites for hydroxylation is 1. The smallest absolute Gasteiger partial charge is 0.356 e. The van der Waals surface area contributed by atoms with Crippen molar-refractivity contribution in [2.24, 2.45) is 0 Å². The fourth-order valence-corrected chi connectivity index (χ4v) is 3.42. The number of imidazole rings is 1. The number of aromatic nitrogens is 2. The third-order valence-corrected chi connectivity index (χ3v) is 4.65. The summed E-state index contributed by atoms with van der Waals surface area (Å²) in [6, 6.07) is 12.3. The molecule has 3 heterocycles. The summed E-state index contributed by atoms with van der Waals surface area (Å²) in [6.45, 7) is 4.35. The summed E-state index contributed by atoms with van der Waals surface area (Å²) in [5.74, 6) is -0.969. The van der Waals surface area contributed by atoms with Gasteiger partial charge in [-0.1, -0.05) is 30.3 Å². The number of nitrogens with zero attached hydrogens (tertiary/aromatic N) is 3. The summed E-state index contributed by atoms with van der Waals surface area (Å²) in [6.07, 6.45) is 2.95. The number of pyridine rings is 1. The van der Waals surface area contributed by atoms with E-state index in [0.717, 1.165) is 30.8 Å². The largest absolute Gasteiger partial charge is 0.476 e. The summed E-state index contributed by atoms with van der Waals surface area (Å²) in [7, 11) is 0. The Labute approximate surface area is 140 Å². The van der Waals surface area contributed by atoms with E-state index >= 15 is 0 Å². The first-order chi connectivity index (χ1) is 11.6. The molecule has 0 unspecified atom stereocenters. The molecule has 0 fully saturated rings. The zero-order valence-corrected chi connectivity index (χ0v) is 13.6. The number of rotatable bonds is 3. The number of hydrogen-bond acceptors (Lipinski definition) is 3. The van der Waals surface area contributed by atoms with Gasteiger partial charge in [0.25, 0.3) is 0 Å². The normalized spacial score (nSPS) is 14.7. The molecule has 0 radical (unpaired) electrons. The number of carboxylic acids is 1. The van der Waals surface area contributed by atoms with Crippen molar-refractivity contribution in [3.05, 3.63) is 70.7 Å². The van der Waals surface area contributed by atoms with Crippen LogP contribution >= 0.6 is 0 Å². The Kier molecular flexibility index (Phi) is 3.58. The Balaban J connectivity index is 1.70. The van der Waals surface area contributed by atoms with Gasteiger partial charge in [0.15, 0.2) is 5.69 Å². The predicted molar refractivity (Wildman–Crippen MR) is 91.1 cm³/mol. The monoisotopic (exact) mass is 321 g/mol. The van der Waals surface area contributed by atoms with Crippen LogP contribution in [0.15, 0.2) is 42.6 Å². The lowest BCUT2D eigenvalue weighted by Crippen LogP contribution is -2.31. The molecule has 0 saturated carbocycles. The maximum Gasteiger partial charge on any atom is 0.356 e. The van der Waals surface area contributed by atoms with Crippen LogP contribution in [-0.4, -0.2) is 31.9 Å². The molecule has 122 valence electrons. The van der Waals surface area contributed by atoms with E-state index in [4.69, 9.17) is 0 Å². The van der Waals surface area contributed by atoms with Crippen LogP contribution in [0.3, 0.4) is 0 Å². The molecule has 0 amide bonds. The van der Waals surface area contributed by atoms with Gasteiger partial charge in [0.05, 0.1) is 5.69 Å². The van der Waals surface area contributed by atoms with E-state index < -0.39 is 5.97 Å². The minimum Gasteiger partial charge on any atom is -0.476 e. The van der Waals surface area contributed by atoms with Crippen LogP contribution in [0.1, 0.15) is 32.9 Å². The molecule has 0 atom stereocenters. The van der Waals surface area contributed by atoms with Gasteiger partial charge in [-0.15, -0.1) is 0 Å². The van der Waals surface area contributed by atoms with Gasteiger partial charge in [-0.25, -0.2) is 9.78 Å². The van der Waals surface area contributed by atoms with Crippen LogP contribution in [-0.2, 0) is 19.5 Å². The molecule has 2 aromatic heterocycles. The molecule has 1 aliphatic rings. The van der Waals surface area contributed by atoms with Crippen molar-refractivity contribution in [1.29, 1.82) is 0 Å². The predicted octanol–water partition coefficient (Wildman–Crippen LogP) is 2.90. The van der Waals surface area contributed by atoms with Crippen molar-refractivity contribution in [3.8, 4) is 0 Å². The van der Waals surface area contributed by atoms with Crippen LogP contribution < -0.4 is 0 Å². The molecule has 1 N–H and O–H groups in total. The number of hydrogen-bond donors (Lipinski definition) is 1. The first kappa shape index (κ1) is 14.9. The van der Waals surface area contributed by atoms with E-state index in [1.807, 2.05) is 29.7 Å². The first-order valence-electron chi connectivity index (χ1n) is 8.12. The van der Waals surface area contributed by atoms with Crippen molar-refractivity contribution >= 4 is 11.6 Å². The first-order valence-corrected chi connectivity index (χ1v) is 8.12. The standard InChI is InChI=1S/C19H19N3O2/c1-13-6-7-17-20-18(19(23)24)16(22(17)10-13)12-21-9-8-14-4-2-3-5-15(14)11-21/h2-7,10H,8-9,11-12H2,1H3,(H,23,24). The van der Waals surface area contributed by atoms with Crippen LogP contribution in [0.5, 0.6) is 0 Å². The Morgan fingerprint density at radius 3 is 2.79 bits per heavy atom. The van der Waals surface area contributed by atoms with Crippen LogP contribution in [0.4, 0.5) is 0 Å². The summed E-state index contributed by atoms with van der Waals surface area (Å²) >= 11 is 0. The second kappa shape index (κ2) is 5.76. The van der Waals surface area contributed by atoms with Gasteiger partial charge in [0, 0.05) is 25.8 Å². The molecular formula is C19H19N3O2. The molecule has 0 spiro atoms. The third-order valence-electron chi connectivity index (χ3n) is 4.65. The molecule has 0 saturated heterocycles. The molecule has 1 aliphatic heterocycles. The van der Waals surface area contributed by atoms with Gasteiger partial charge >= 0.3 is 5.97 Å². The van der Waals surface area contributed by atoms with E-state index in [0.29, 0.717) is 12.2 Å². The molecule has 0 aliphatic carbocycles. The Morgan fingerprint density at radius 1 is 1.21 bits per heavy atom. The van der Waals surface area contributed by atoms with Gasteiger partial charge in [-0.05, 0) is 36.1 Å². The maximum absolute atomic E-state index is 11.6. The van der Waals surface area contributed by atoms with E-state index in [9.17, 15) is 9.90 Å². The SMILES string of the molecule is Cc1ccc2nc(C(=O)O)c(CN3CCc4ccccc4C3)n2c1. The maximum atomic E-state index is 11.6. The topological polar surface area (TPSA) is 57.8 Å². The van der Waals surface area contributed by atoms with E-state index in [-0.39, 0.29) is 5.69 Å². The lowest BCUT2D eigenvalue weighted by molar-refractivity contribution is 0.0688. The zero-order valence-electron chi connectivity index (χ0n) is 13.6. The summed E-state index contributed by atoms with van der Waals surface area (Å²) in [4.78, 5) is 18.2. The Morgan fingerprint density at radius 2 is 2.00 bits per heavy atom. The Bertz CT molecular complexity index is 930. The number of fused-ring (bicyclic) bond motifs is 2. The highest BCUT2D eigenvalue weighted by molar-refractivity contribution is 5.88. The van der Waals surface area contributed by atoms with Crippen LogP contribution in [0.25, 0.3) is 5.65 Å².